The van der Waals surface area contributed by atoms with Crippen LogP contribution in [0.2, 0.25) is 0 Å². The molecule has 1 fully saturated rings. The van der Waals surface area contributed by atoms with E-state index in [0.717, 1.165) is 60.4 Å². The third-order valence-corrected chi connectivity index (χ3v) is 6.48. The largest absolute Gasteiger partial charge is 0.476 e. The predicted octanol–water partition coefficient (Wildman–Crippen LogP) is 1.71. The summed E-state index contributed by atoms with van der Waals surface area (Å²) in [4.78, 5) is 40.9. The Morgan fingerprint density at radius 1 is 1.30 bits per heavy atom. The molecule has 0 bridgehead atoms. The molecule has 5 rings (SSSR count). The van der Waals surface area contributed by atoms with Gasteiger partial charge in [0.2, 0.25) is 5.88 Å². The number of hydrogen-bond acceptors (Lipinski definition) is 7. The van der Waals surface area contributed by atoms with Gasteiger partial charge in [0, 0.05) is 57.4 Å². The zero-order valence-electron chi connectivity index (χ0n) is 18.9. The average molecular weight is 449 g/mol. The van der Waals surface area contributed by atoms with Crippen molar-refractivity contribution in [1.29, 1.82) is 0 Å². The normalized spacial score (nSPS) is 18.2. The highest BCUT2D eigenvalue weighted by molar-refractivity contribution is 5.92. The second-order valence-corrected chi connectivity index (χ2v) is 8.57. The summed E-state index contributed by atoms with van der Waals surface area (Å²) in [7, 11) is 1.59. The first kappa shape index (κ1) is 21.4. The predicted molar refractivity (Wildman–Crippen MR) is 126 cm³/mol. The number of carbonyl (C=O) groups is 1. The summed E-state index contributed by atoms with van der Waals surface area (Å²) in [5.74, 6) is 0.310. The summed E-state index contributed by atoms with van der Waals surface area (Å²) in [6, 6.07) is 7.90. The van der Waals surface area contributed by atoms with Gasteiger partial charge in [0.15, 0.2) is 0 Å². The van der Waals surface area contributed by atoms with Gasteiger partial charge in [-0.15, -0.1) is 0 Å². The van der Waals surface area contributed by atoms with Crippen LogP contribution in [0.25, 0.3) is 11.0 Å². The topological polar surface area (TPSA) is 103 Å². The number of amides is 1. The third-order valence-electron chi connectivity index (χ3n) is 6.48. The van der Waals surface area contributed by atoms with Crippen LogP contribution in [0.1, 0.15) is 35.0 Å². The van der Waals surface area contributed by atoms with Gasteiger partial charge in [0.05, 0.1) is 17.6 Å². The number of pyridine rings is 3. The fourth-order valence-corrected chi connectivity index (χ4v) is 4.71. The Hall–Kier alpha value is -3.46. The molecular weight excluding hydrogens is 420 g/mol. The first-order valence-corrected chi connectivity index (χ1v) is 11.4. The standard InChI is InChI=1S/C24H28N6O3/c1-3-16-11-19-20(27-22(16)31)10-15(12-26-19)13-29-7-8-30-17(14-29)6-9-33-24-21(30)5-4-18(28-24)23(32)25-2/h4-5,10-12,17H,3,6-9,13-14H2,1-2H3,(H,25,32)(H,27,31)/t17-/m1/s1. The van der Waals surface area contributed by atoms with Crippen molar-refractivity contribution in [2.24, 2.45) is 0 Å². The van der Waals surface area contributed by atoms with E-state index < -0.39 is 0 Å². The highest BCUT2D eigenvalue weighted by Gasteiger charge is 2.32. The number of aromatic amines is 1. The molecule has 172 valence electrons. The molecule has 9 heteroatoms. The third kappa shape index (κ3) is 4.16. The molecule has 0 radical (unpaired) electrons. The summed E-state index contributed by atoms with van der Waals surface area (Å²) in [5, 5.41) is 2.61. The van der Waals surface area contributed by atoms with Gasteiger partial charge in [0.1, 0.15) is 11.4 Å². The first-order valence-electron chi connectivity index (χ1n) is 11.4. The van der Waals surface area contributed by atoms with E-state index in [1.165, 1.54) is 0 Å². The molecule has 1 amide bonds. The van der Waals surface area contributed by atoms with Crippen LogP contribution in [0.5, 0.6) is 5.88 Å². The van der Waals surface area contributed by atoms with Crippen LogP contribution >= 0.6 is 0 Å². The second-order valence-electron chi connectivity index (χ2n) is 8.57. The number of carbonyl (C=O) groups excluding carboxylic acids is 1. The SMILES string of the molecule is CCc1cc2ncc(CN3CCN4c5ccc(C(=O)NC)nc5OCC[C@@H]4C3)cc2[nH]c1=O. The molecule has 3 aromatic rings. The van der Waals surface area contributed by atoms with E-state index in [9.17, 15) is 9.59 Å². The van der Waals surface area contributed by atoms with Crippen molar-refractivity contribution in [3.63, 3.8) is 0 Å². The maximum absolute atomic E-state index is 12.2. The lowest BCUT2D eigenvalue weighted by Crippen LogP contribution is -2.52. The second kappa shape index (κ2) is 8.82. The number of rotatable bonds is 4. The maximum Gasteiger partial charge on any atom is 0.269 e. The number of ether oxygens (including phenoxy) is 1. The fraction of sp³-hybridized carbons (Fsp3) is 0.417. The number of nitrogens with zero attached hydrogens (tertiary/aromatic N) is 4. The maximum atomic E-state index is 12.2. The van der Waals surface area contributed by atoms with Crippen LogP contribution in [0.15, 0.2) is 35.3 Å². The smallest absolute Gasteiger partial charge is 0.269 e. The number of aryl methyl sites for hydroxylation is 1. The molecule has 0 aromatic carbocycles. The van der Waals surface area contributed by atoms with Gasteiger partial charge >= 0.3 is 0 Å². The number of anilines is 1. The molecule has 2 aliphatic rings. The lowest BCUT2D eigenvalue weighted by Gasteiger charge is -2.41. The number of fused-ring (bicyclic) bond motifs is 4. The molecule has 33 heavy (non-hydrogen) atoms. The zero-order valence-corrected chi connectivity index (χ0v) is 18.9. The summed E-state index contributed by atoms with van der Waals surface area (Å²) < 4.78 is 5.91. The van der Waals surface area contributed by atoms with Gasteiger partial charge in [-0.3, -0.25) is 19.5 Å². The minimum atomic E-state index is -0.219. The van der Waals surface area contributed by atoms with E-state index in [0.29, 0.717) is 30.6 Å². The zero-order chi connectivity index (χ0) is 22.9. The Labute approximate surface area is 191 Å². The van der Waals surface area contributed by atoms with Gasteiger partial charge in [-0.25, -0.2) is 4.98 Å². The van der Waals surface area contributed by atoms with E-state index in [1.807, 2.05) is 31.3 Å². The van der Waals surface area contributed by atoms with Crippen molar-refractivity contribution in [3.05, 3.63) is 57.6 Å². The van der Waals surface area contributed by atoms with E-state index in [1.54, 1.807) is 13.1 Å². The molecule has 0 unspecified atom stereocenters. The molecule has 2 N–H and O–H groups in total. The van der Waals surface area contributed by atoms with Crippen molar-refractivity contribution in [1.82, 2.24) is 25.2 Å². The van der Waals surface area contributed by atoms with Crippen LogP contribution in [0.3, 0.4) is 0 Å². The summed E-state index contributed by atoms with van der Waals surface area (Å²) >= 11 is 0. The number of piperazine rings is 1. The first-order chi connectivity index (χ1) is 16.1. The van der Waals surface area contributed by atoms with E-state index in [2.05, 4.69) is 30.1 Å². The van der Waals surface area contributed by atoms with Crippen molar-refractivity contribution < 1.29 is 9.53 Å². The highest BCUT2D eigenvalue weighted by Crippen LogP contribution is 2.33. The van der Waals surface area contributed by atoms with Crippen LogP contribution in [0.4, 0.5) is 5.69 Å². The van der Waals surface area contributed by atoms with Crippen LogP contribution in [-0.4, -0.2) is 65.1 Å². The number of aromatic nitrogens is 3. The van der Waals surface area contributed by atoms with Crippen molar-refractivity contribution in [2.75, 3.05) is 38.2 Å². The molecular formula is C24H28N6O3. The van der Waals surface area contributed by atoms with Gasteiger partial charge in [-0.2, -0.15) is 0 Å². The van der Waals surface area contributed by atoms with Crippen molar-refractivity contribution in [2.45, 2.75) is 32.4 Å². The van der Waals surface area contributed by atoms with Crippen molar-refractivity contribution >= 4 is 22.6 Å². The van der Waals surface area contributed by atoms with Gasteiger partial charge in [-0.1, -0.05) is 6.92 Å². The molecule has 1 atom stereocenters. The Morgan fingerprint density at radius 3 is 3.00 bits per heavy atom. The summed E-state index contributed by atoms with van der Waals surface area (Å²) in [5.41, 5.74) is 4.71. The monoisotopic (exact) mass is 448 g/mol. The molecule has 9 nitrogen and oxygen atoms in total. The van der Waals surface area contributed by atoms with E-state index in [4.69, 9.17) is 4.74 Å². The minimum absolute atomic E-state index is 0.0390. The number of H-pyrrole nitrogens is 1. The molecule has 0 spiro atoms. The van der Waals surface area contributed by atoms with Gasteiger partial charge < -0.3 is 19.9 Å². The highest BCUT2D eigenvalue weighted by atomic mass is 16.5. The minimum Gasteiger partial charge on any atom is -0.476 e. The summed E-state index contributed by atoms with van der Waals surface area (Å²) in [6.07, 6.45) is 3.48. The average Bonchev–Trinajstić information content (AvgIpc) is 3.01. The van der Waals surface area contributed by atoms with E-state index >= 15 is 0 Å². The lowest BCUT2D eigenvalue weighted by molar-refractivity contribution is 0.0957. The molecule has 2 aliphatic heterocycles. The Morgan fingerprint density at radius 2 is 2.18 bits per heavy atom. The number of hydrogen-bond donors (Lipinski definition) is 2. The fourth-order valence-electron chi connectivity index (χ4n) is 4.71. The Bertz CT molecular complexity index is 1260. The van der Waals surface area contributed by atoms with Crippen LogP contribution in [-0.2, 0) is 13.0 Å². The Balaban J connectivity index is 1.32. The van der Waals surface area contributed by atoms with Gasteiger partial charge in [-0.05, 0) is 36.2 Å². The van der Waals surface area contributed by atoms with Crippen LogP contribution in [0, 0.1) is 0 Å². The molecule has 1 saturated heterocycles. The number of nitrogens with one attached hydrogen (secondary N) is 2. The lowest BCUT2D eigenvalue weighted by atomic mass is 10.1. The molecule has 5 heterocycles. The van der Waals surface area contributed by atoms with E-state index in [-0.39, 0.29) is 11.5 Å². The van der Waals surface area contributed by atoms with Gasteiger partial charge in [0.25, 0.3) is 11.5 Å². The van der Waals surface area contributed by atoms with Crippen molar-refractivity contribution in [3.8, 4) is 5.88 Å². The quantitative estimate of drug-likeness (QED) is 0.626. The Kier molecular flexibility index (Phi) is 5.72. The molecule has 0 aliphatic carbocycles. The summed E-state index contributed by atoms with van der Waals surface area (Å²) in [6.45, 7) is 5.93. The molecule has 3 aromatic heterocycles. The molecule has 0 saturated carbocycles. The van der Waals surface area contributed by atoms with Crippen LogP contribution < -0.4 is 20.5 Å².